The van der Waals surface area contributed by atoms with Crippen molar-refractivity contribution in [3.63, 3.8) is 0 Å². The van der Waals surface area contributed by atoms with E-state index in [-0.39, 0.29) is 12.5 Å². The summed E-state index contributed by atoms with van der Waals surface area (Å²) in [6.45, 7) is 6.87. The summed E-state index contributed by atoms with van der Waals surface area (Å²) in [5, 5.41) is 2.86. The molecule has 8 heteroatoms. The zero-order valence-electron chi connectivity index (χ0n) is 19.3. The van der Waals surface area contributed by atoms with Gasteiger partial charge in [0.15, 0.2) is 5.92 Å². The van der Waals surface area contributed by atoms with Crippen molar-refractivity contribution in [2.75, 3.05) is 44.8 Å². The molecule has 0 radical (unpaired) electrons. The molecule has 0 aliphatic carbocycles. The monoisotopic (exact) mass is 450 g/mol. The highest BCUT2D eigenvalue weighted by atomic mass is 16.5. The minimum Gasteiger partial charge on any atom is -0.497 e. The number of carbonyl (C=O) groups is 2. The van der Waals surface area contributed by atoms with E-state index < -0.39 is 17.9 Å². The van der Waals surface area contributed by atoms with Gasteiger partial charge in [0.05, 0.1) is 13.7 Å². The fourth-order valence-corrected chi connectivity index (χ4v) is 4.30. The van der Waals surface area contributed by atoms with Crippen molar-refractivity contribution in [2.45, 2.75) is 19.9 Å². The highest BCUT2D eigenvalue weighted by molar-refractivity contribution is 6.08. The molecule has 8 nitrogen and oxygen atoms in total. The number of hydrogen-bond acceptors (Lipinski definition) is 7. The summed E-state index contributed by atoms with van der Waals surface area (Å²) in [6.07, 6.45) is 0. The number of aliphatic imine (C=N–C) groups is 1. The molecule has 1 saturated heterocycles. The maximum Gasteiger partial charge on any atom is 0.321 e. The van der Waals surface area contributed by atoms with Gasteiger partial charge in [0.1, 0.15) is 11.8 Å². The first-order valence-corrected chi connectivity index (χ1v) is 11.3. The van der Waals surface area contributed by atoms with Crippen LogP contribution in [-0.2, 0) is 14.3 Å². The fourth-order valence-electron chi connectivity index (χ4n) is 4.30. The molecular weight excluding hydrogens is 420 g/mol. The maximum atomic E-state index is 13.0. The molecule has 174 valence electrons. The molecule has 0 saturated carbocycles. The van der Waals surface area contributed by atoms with Crippen molar-refractivity contribution in [3.05, 3.63) is 59.7 Å². The predicted octanol–water partition coefficient (Wildman–Crippen LogP) is 2.53. The van der Waals surface area contributed by atoms with Gasteiger partial charge in [-0.15, -0.1) is 0 Å². The van der Waals surface area contributed by atoms with E-state index in [9.17, 15) is 9.59 Å². The van der Waals surface area contributed by atoms with E-state index in [1.165, 1.54) is 0 Å². The van der Waals surface area contributed by atoms with Gasteiger partial charge in [0, 0.05) is 37.9 Å². The van der Waals surface area contributed by atoms with E-state index in [4.69, 9.17) is 14.5 Å². The summed E-state index contributed by atoms with van der Waals surface area (Å²) >= 11 is 0. The Morgan fingerprint density at radius 1 is 1.09 bits per heavy atom. The van der Waals surface area contributed by atoms with E-state index in [0.29, 0.717) is 19.0 Å². The van der Waals surface area contributed by atoms with Gasteiger partial charge in [-0.05, 0) is 31.5 Å². The van der Waals surface area contributed by atoms with Crippen LogP contribution >= 0.6 is 0 Å². The molecule has 0 spiro atoms. The van der Waals surface area contributed by atoms with Crippen molar-refractivity contribution >= 4 is 23.5 Å². The first kappa shape index (κ1) is 22.6. The van der Waals surface area contributed by atoms with Crippen molar-refractivity contribution in [1.82, 2.24) is 10.2 Å². The highest BCUT2D eigenvalue weighted by Crippen LogP contribution is 2.31. The van der Waals surface area contributed by atoms with Crippen LogP contribution < -0.4 is 15.0 Å². The van der Waals surface area contributed by atoms with Crippen LogP contribution in [0.15, 0.2) is 53.5 Å². The number of ether oxygens (including phenoxy) is 2. The molecule has 2 atom stereocenters. The molecular formula is C25H30N4O4. The molecule has 1 fully saturated rings. The number of esters is 1. The second-order valence-corrected chi connectivity index (χ2v) is 8.21. The molecule has 1 amide bonds. The summed E-state index contributed by atoms with van der Waals surface area (Å²) < 4.78 is 10.5. The molecule has 2 aliphatic heterocycles. The van der Waals surface area contributed by atoms with Crippen molar-refractivity contribution in [3.8, 4) is 5.75 Å². The smallest absolute Gasteiger partial charge is 0.321 e. The third-order valence-electron chi connectivity index (χ3n) is 6.02. The fraction of sp³-hybridized carbons (Fsp3) is 0.400. The standard InChI is InChI=1S/C25H30N4O4/c1-4-33-24(31)21-22(18-8-5-7-17(2)15-18)26-25(27-23(21)30)29-13-11-28(12-14-29)19-9-6-10-20(16-19)32-3/h5-10,15-16,21-22H,4,11-14H2,1-3H3,(H,26,27,30). The number of methoxy groups -OCH3 is 1. The van der Waals surface area contributed by atoms with Gasteiger partial charge in [0.2, 0.25) is 11.9 Å². The Morgan fingerprint density at radius 2 is 1.82 bits per heavy atom. The second-order valence-electron chi connectivity index (χ2n) is 8.21. The minimum absolute atomic E-state index is 0.214. The third kappa shape index (κ3) is 4.94. The molecule has 0 bridgehead atoms. The molecule has 33 heavy (non-hydrogen) atoms. The number of amides is 1. The van der Waals surface area contributed by atoms with Crippen LogP contribution in [0.5, 0.6) is 5.75 Å². The quantitative estimate of drug-likeness (QED) is 0.557. The Bertz CT molecular complexity index is 1050. The summed E-state index contributed by atoms with van der Waals surface area (Å²) in [4.78, 5) is 34.9. The summed E-state index contributed by atoms with van der Waals surface area (Å²) in [5.74, 6) is -0.594. The number of nitrogens with zero attached hydrogens (tertiary/aromatic N) is 3. The second kappa shape index (κ2) is 9.94. The lowest BCUT2D eigenvalue weighted by Crippen LogP contribution is -2.57. The van der Waals surface area contributed by atoms with Crippen molar-refractivity contribution in [1.29, 1.82) is 0 Å². The summed E-state index contributed by atoms with van der Waals surface area (Å²) in [7, 11) is 1.66. The molecule has 4 rings (SSSR count). The van der Waals surface area contributed by atoms with Crippen LogP contribution in [-0.4, -0.2) is 62.6 Å². The van der Waals surface area contributed by atoms with Gasteiger partial charge in [-0.2, -0.15) is 0 Å². The van der Waals surface area contributed by atoms with Crippen LogP contribution in [0.2, 0.25) is 0 Å². The van der Waals surface area contributed by atoms with Gasteiger partial charge in [-0.1, -0.05) is 35.9 Å². The van der Waals surface area contributed by atoms with Crippen LogP contribution in [0.3, 0.4) is 0 Å². The molecule has 0 aromatic heterocycles. The first-order valence-electron chi connectivity index (χ1n) is 11.3. The SMILES string of the molecule is CCOC(=O)C1C(=O)NC(N2CCN(c3cccc(OC)c3)CC2)=NC1c1cccc(C)c1. The maximum absolute atomic E-state index is 13.0. The predicted molar refractivity (Wildman–Crippen MR) is 126 cm³/mol. The molecule has 1 N–H and O–H groups in total. The summed E-state index contributed by atoms with van der Waals surface area (Å²) in [5.41, 5.74) is 2.98. The van der Waals surface area contributed by atoms with Crippen molar-refractivity contribution < 1.29 is 19.1 Å². The van der Waals surface area contributed by atoms with Crippen LogP contribution in [0.1, 0.15) is 24.1 Å². The van der Waals surface area contributed by atoms with E-state index in [2.05, 4.69) is 21.2 Å². The average Bonchev–Trinajstić information content (AvgIpc) is 2.83. The molecule has 2 unspecified atom stereocenters. The normalized spacial score (nSPS) is 20.7. The van der Waals surface area contributed by atoms with Crippen LogP contribution in [0, 0.1) is 12.8 Å². The Labute approximate surface area is 194 Å². The van der Waals surface area contributed by atoms with E-state index >= 15 is 0 Å². The lowest BCUT2D eigenvalue weighted by molar-refractivity contribution is -0.153. The molecule has 2 aromatic rings. The highest BCUT2D eigenvalue weighted by Gasteiger charge is 2.42. The minimum atomic E-state index is -1.01. The molecule has 2 heterocycles. The van der Waals surface area contributed by atoms with Crippen LogP contribution in [0.4, 0.5) is 5.69 Å². The number of benzene rings is 2. The Kier molecular flexibility index (Phi) is 6.82. The number of piperazine rings is 1. The summed E-state index contributed by atoms with van der Waals surface area (Å²) in [6, 6.07) is 15.1. The van der Waals surface area contributed by atoms with E-state index in [1.54, 1.807) is 14.0 Å². The first-order chi connectivity index (χ1) is 16.0. The Hall–Kier alpha value is -3.55. The number of hydrogen-bond donors (Lipinski definition) is 1. The molecule has 2 aliphatic rings. The number of guanidine groups is 1. The van der Waals surface area contributed by atoms with Gasteiger partial charge in [-0.3, -0.25) is 14.9 Å². The number of rotatable bonds is 5. The number of aryl methyl sites for hydroxylation is 1. The molecule has 2 aromatic carbocycles. The zero-order valence-corrected chi connectivity index (χ0v) is 19.3. The van der Waals surface area contributed by atoms with Gasteiger partial charge in [-0.25, -0.2) is 4.99 Å². The van der Waals surface area contributed by atoms with Gasteiger partial charge in [0.25, 0.3) is 0 Å². The van der Waals surface area contributed by atoms with E-state index in [1.807, 2.05) is 49.4 Å². The average molecular weight is 451 g/mol. The zero-order chi connectivity index (χ0) is 23.4. The number of nitrogens with one attached hydrogen (secondary N) is 1. The van der Waals surface area contributed by atoms with Crippen molar-refractivity contribution in [2.24, 2.45) is 10.9 Å². The third-order valence-corrected chi connectivity index (χ3v) is 6.02. The topological polar surface area (TPSA) is 83.5 Å². The Balaban J connectivity index is 1.55. The van der Waals surface area contributed by atoms with Gasteiger partial charge >= 0.3 is 5.97 Å². The largest absolute Gasteiger partial charge is 0.497 e. The lowest BCUT2D eigenvalue weighted by atomic mass is 9.90. The lowest BCUT2D eigenvalue weighted by Gasteiger charge is -2.39. The van der Waals surface area contributed by atoms with Crippen LogP contribution in [0.25, 0.3) is 0 Å². The Morgan fingerprint density at radius 3 is 2.52 bits per heavy atom. The number of anilines is 1. The van der Waals surface area contributed by atoms with E-state index in [0.717, 1.165) is 35.7 Å². The van der Waals surface area contributed by atoms with Gasteiger partial charge < -0.3 is 19.3 Å². The number of carbonyl (C=O) groups excluding carboxylic acids is 2.